The molecule has 4 aliphatic rings. The number of halogens is 1. The molecule has 3 heteroatoms. The molecule has 0 radical (unpaired) electrons. The fraction of sp³-hybridized carbons (Fsp3) is 0.933. The summed E-state index contributed by atoms with van der Waals surface area (Å²) in [5, 5.41) is 0. The first kappa shape index (κ1) is 12.8. The molecule has 0 saturated heterocycles. The number of carbonyl (C=O) groups excluding carboxylic acids is 1. The summed E-state index contributed by atoms with van der Waals surface area (Å²) in [6.45, 7) is 0. The number of hydrogen-bond donors (Lipinski definition) is 0. The molecule has 0 aromatic carbocycles. The summed E-state index contributed by atoms with van der Waals surface area (Å²) in [4.78, 5) is 14.3. The molecule has 4 bridgehead atoms. The number of nitrogens with zero attached hydrogens (tertiary/aromatic N) is 1. The highest BCUT2D eigenvalue weighted by atomic mass is 35.5. The quantitative estimate of drug-likeness (QED) is 0.717. The van der Waals surface area contributed by atoms with Crippen LogP contribution in [0.5, 0.6) is 0 Å². The molecule has 18 heavy (non-hydrogen) atoms. The van der Waals surface area contributed by atoms with Crippen molar-refractivity contribution < 1.29 is 4.79 Å². The van der Waals surface area contributed by atoms with Crippen LogP contribution in [0.1, 0.15) is 44.9 Å². The molecule has 0 aromatic heterocycles. The SMILES string of the molecule is CN(C(=O)CCCCl)C1C2CC3CC(C2)CC1C3. The van der Waals surface area contributed by atoms with Crippen molar-refractivity contribution in [2.75, 3.05) is 12.9 Å². The van der Waals surface area contributed by atoms with Crippen LogP contribution in [0.25, 0.3) is 0 Å². The van der Waals surface area contributed by atoms with Gasteiger partial charge in [-0.15, -0.1) is 11.6 Å². The maximum absolute atomic E-state index is 12.2. The lowest BCUT2D eigenvalue weighted by molar-refractivity contribution is -0.141. The van der Waals surface area contributed by atoms with Gasteiger partial charge in [-0.1, -0.05) is 0 Å². The van der Waals surface area contributed by atoms with Crippen molar-refractivity contribution in [3.05, 3.63) is 0 Å². The normalized spacial score (nSPS) is 41.1. The number of rotatable bonds is 4. The van der Waals surface area contributed by atoms with Crippen LogP contribution in [-0.2, 0) is 4.79 Å². The van der Waals surface area contributed by atoms with Crippen molar-refractivity contribution in [2.24, 2.45) is 23.7 Å². The van der Waals surface area contributed by atoms with Gasteiger partial charge < -0.3 is 4.90 Å². The van der Waals surface area contributed by atoms with Gasteiger partial charge >= 0.3 is 0 Å². The van der Waals surface area contributed by atoms with E-state index in [1.54, 1.807) is 0 Å². The van der Waals surface area contributed by atoms with Gasteiger partial charge in [-0.05, 0) is 62.2 Å². The van der Waals surface area contributed by atoms with E-state index < -0.39 is 0 Å². The Bertz CT molecular complexity index is 302. The van der Waals surface area contributed by atoms with Crippen LogP contribution in [0, 0.1) is 23.7 Å². The Hall–Kier alpha value is -0.240. The minimum atomic E-state index is 0.313. The zero-order valence-corrected chi connectivity index (χ0v) is 12.0. The Labute approximate surface area is 115 Å². The maximum atomic E-state index is 12.2. The fourth-order valence-corrected chi connectivity index (χ4v) is 5.22. The summed E-state index contributed by atoms with van der Waals surface area (Å²) >= 11 is 5.69. The van der Waals surface area contributed by atoms with Gasteiger partial charge in [0.25, 0.3) is 0 Å². The van der Waals surface area contributed by atoms with Crippen molar-refractivity contribution in [2.45, 2.75) is 51.0 Å². The van der Waals surface area contributed by atoms with E-state index in [0.29, 0.717) is 24.2 Å². The lowest BCUT2D eigenvalue weighted by atomic mass is 9.54. The molecule has 0 heterocycles. The molecule has 2 nitrogen and oxygen atoms in total. The molecule has 0 aliphatic heterocycles. The topological polar surface area (TPSA) is 20.3 Å². The van der Waals surface area contributed by atoms with Gasteiger partial charge in [-0.25, -0.2) is 0 Å². The van der Waals surface area contributed by atoms with Crippen molar-refractivity contribution in [3.8, 4) is 0 Å². The van der Waals surface area contributed by atoms with E-state index >= 15 is 0 Å². The first-order valence-electron chi connectivity index (χ1n) is 7.50. The molecule has 4 fully saturated rings. The summed E-state index contributed by atoms with van der Waals surface area (Å²) in [5.41, 5.74) is 0. The third-order valence-electron chi connectivity index (χ3n) is 5.54. The van der Waals surface area contributed by atoms with E-state index in [0.717, 1.165) is 30.1 Å². The largest absolute Gasteiger partial charge is 0.342 e. The number of hydrogen-bond acceptors (Lipinski definition) is 1. The van der Waals surface area contributed by atoms with E-state index in [1.165, 1.54) is 32.1 Å². The average Bonchev–Trinajstić information content (AvgIpc) is 2.34. The molecule has 0 atom stereocenters. The summed E-state index contributed by atoms with van der Waals surface area (Å²) in [6, 6.07) is 0.542. The second kappa shape index (κ2) is 5.03. The van der Waals surface area contributed by atoms with Crippen molar-refractivity contribution in [1.29, 1.82) is 0 Å². The second-order valence-electron chi connectivity index (χ2n) is 6.72. The van der Waals surface area contributed by atoms with Crippen LogP contribution in [0.15, 0.2) is 0 Å². The van der Waals surface area contributed by atoms with Crippen LogP contribution in [0.3, 0.4) is 0 Å². The Morgan fingerprint density at radius 1 is 1.11 bits per heavy atom. The van der Waals surface area contributed by atoms with Crippen LogP contribution in [0.2, 0.25) is 0 Å². The molecule has 4 rings (SSSR count). The number of carbonyl (C=O) groups is 1. The number of alkyl halides is 1. The van der Waals surface area contributed by atoms with Crippen LogP contribution in [-0.4, -0.2) is 29.8 Å². The summed E-state index contributed by atoms with van der Waals surface area (Å²) in [5.74, 6) is 4.47. The highest BCUT2D eigenvalue weighted by Crippen LogP contribution is 2.54. The molecule has 4 aliphatic carbocycles. The first-order chi connectivity index (χ1) is 8.69. The third-order valence-corrected chi connectivity index (χ3v) is 5.81. The van der Waals surface area contributed by atoms with Gasteiger partial charge in [0, 0.05) is 25.4 Å². The summed E-state index contributed by atoms with van der Waals surface area (Å²) in [7, 11) is 2.03. The van der Waals surface area contributed by atoms with E-state index in [1.807, 2.05) is 7.05 Å². The van der Waals surface area contributed by atoms with Crippen molar-refractivity contribution >= 4 is 17.5 Å². The lowest BCUT2D eigenvalue weighted by Crippen LogP contribution is -2.56. The monoisotopic (exact) mass is 269 g/mol. The highest BCUT2D eigenvalue weighted by molar-refractivity contribution is 6.17. The fourth-order valence-electron chi connectivity index (χ4n) is 5.09. The van der Waals surface area contributed by atoms with E-state index in [9.17, 15) is 4.79 Å². The van der Waals surface area contributed by atoms with E-state index in [4.69, 9.17) is 11.6 Å². The van der Waals surface area contributed by atoms with Gasteiger partial charge in [0.05, 0.1) is 0 Å². The molecule has 0 aromatic rings. The van der Waals surface area contributed by atoms with Gasteiger partial charge in [-0.2, -0.15) is 0 Å². The van der Waals surface area contributed by atoms with Crippen molar-refractivity contribution in [3.63, 3.8) is 0 Å². The van der Waals surface area contributed by atoms with Crippen molar-refractivity contribution in [1.82, 2.24) is 4.90 Å². The predicted octanol–water partition coefficient (Wildman–Crippen LogP) is 3.29. The lowest BCUT2D eigenvalue weighted by Gasteiger charge is -2.56. The minimum Gasteiger partial charge on any atom is -0.342 e. The van der Waals surface area contributed by atoms with Crippen LogP contribution < -0.4 is 0 Å². The third kappa shape index (κ3) is 2.17. The Kier molecular flexibility index (Phi) is 3.57. The van der Waals surface area contributed by atoms with Gasteiger partial charge in [0.1, 0.15) is 0 Å². The zero-order chi connectivity index (χ0) is 12.7. The summed E-state index contributed by atoms with van der Waals surface area (Å²) < 4.78 is 0. The maximum Gasteiger partial charge on any atom is 0.222 e. The second-order valence-corrected chi connectivity index (χ2v) is 7.10. The molecule has 4 saturated carbocycles. The van der Waals surface area contributed by atoms with Gasteiger partial charge in [-0.3, -0.25) is 4.79 Å². The molecular formula is C15H24ClNO. The minimum absolute atomic E-state index is 0.313. The zero-order valence-electron chi connectivity index (χ0n) is 11.3. The van der Waals surface area contributed by atoms with E-state index in [-0.39, 0.29) is 0 Å². The molecule has 0 N–H and O–H groups in total. The Morgan fingerprint density at radius 2 is 1.67 bits per heavy atom. The van der Waals surface area contributed by atoms with Gasteiger partial charge in [0.15, 0.2) is 0 Å². The summed E-state index contributed by atoms with van der Waals surface area (Å²) in [6.07, 6.45) is 8.44. The Morgan fingerprint density at radius 3 is 2.17 bits per heavy atom. The molecule has 1 amide bonds. The molecule has 102 valence electrons. The van der Waals surface area contributed by atoms with E-state index in [2.05, 4.69) is 4.90 Å². The number of amides is 1. The van der Waals surface area contributed by atoms with Gasteiger partial charge in [0.2, 0.25) is 5.91 Å². The molecule has 0 unspecified atom stereocenters. The predicted molar refractivity (Wildman–Crippen MR) is 73.6 cm³/mol. The average molecular weight is 270 g/mol. The first-order valence-corrected chi connectivity index (χ1v) is 8.04. The molecule has 0 spiro atoms. The Balaban J connectivity index is 1.67. The smallest absolute Gasteiger partial charge is 0.222 e. The standard InChI is InChI=1S/C15H24ClNO/c1-17(14(18)3-2-4-16)15-12-6-10-5-11(8-12)9-13(15)7-10/h10-13,15H,2-9H2,1H3. The van der Waals surface area contributed by atoms with Crippen LogP contribution >= 0.6 is 11.6 Å². The highest BCUT2D eigenvalue weighted by Gasteiger charge is 2.50. The van der Waals surface area contributed by atoms with Crippen LogP contribution in [0.4, 0.5) is 0 Å². The molecular weight excluding hydrogens is 246 g/mol.